The van der Waals surface area contributed by atoms with Crippen molar-refractivity contribution in [2.24, 2.45) is 0 Å². The van der Waals surface area contributed by atoms with Gasteiger partial charge in [-0.15, -0.1) is 0 Å². The first-order valence-corrected chi connectivity index (χ1v) is 11.7. The van der Waals surface area contributed by atoms with Crippen LogP contribution in [0.25, 0.3) is 0 Å². The van der Waals surface area contributed by atoms with Crippen molar-refractivity contribution in [3.8, 4) is 5.88 Å². The third-order valence-corrected chi connectivity index (χ3v) is 7.38. The zero-order chi connectivity index (χ0) is 21.0. The van der Waals surface area contributed by atoms with E-state index in [4.69, 9.17) is 4.74 Å². The molecule has 156 valence electrons. The van der Waals surface area contributed by atoms with Crippen molar-refractivity contribution in [3.05, 3.63) is 89.6 Å². The van der Waals surface area contributed by atoms with Gasteiger partial charge in [0.2, 0.25) is 15.9 Å². The predicted octanol–water partition coefficient (Wildman–Crippen LogP) is 4.88. The first-order chi connectivity index (χ1) is 14.5. The van der Waals surface area contributed by atoms with Gasteiger partial charge in [-0.3, -0.25) is 0 Å². The number of aromatic nitrogens is 1. The van der Waals surface area contributed by atoms with Crippen LogP contribution >= 0.6 is 0 Å². The third kappa shape index (κ3) is 4.55. The van der Waals surface area contributed by atoms with Crippen molar-refractivity contribution in [2.75, 3.05) is 6.54 Å². The van der Waals surface area contributed by atoms with Crippen molar-refractivity contribution in [2.45, 2.75) is 43.7 Å². The predicted molar refractivity (Wildman–Crippen MR) is 117 cm³/mol. The summed E-state index contributed by atoms with van der Waals surface area (Å²) in [6, 6.07) is 20.5. The summed E-state index contributed by atoms with van der Waals surface area (Å²) in [5, 5.41) is 0. The highest BCUT2D eigenvalue weighted by atomic mass is 32.2. The molecule has 1 atom stereocenters. The highest BCUT2D eigenvalue weighted by molar-refractivity contribution is 7.89. The second-order valence-corrected chi connectivity index (χ2v) is 9.53. The Kier molecular flexibility index (Phi) is 6.16. The molecule has 0 unspecified atom stereocenters. The maximum atomic E-state index is 13.3. The number of aryl methyl sites for hydroxylation is 1. The van der Waals surface area contributed by atoms with Gasteiger partial charge < -0.3 is 4.74 Å². The Morgan fingerprint density at radius 3 is 2.47 bits per heavy atom. The van der Waals surface area contributed by atoms with E-state index >= 15 is 0 Å². The molecule has 3 aromatic rings. The van der Waals surface area contributed by atoms with E-state index < -0.39 is 10.0 Å². The lowest BCUT2D eigenvalue weighted by Gasteiger charge is -2.34. The number of benzene rings is 2. The van der Waals surface area contributed by atoms with Gasteiger partial charge in [0.1, 0.15) is 6.61 Å². The average Bonchev–Trinajstić information content (AvgIpc) is 2.79. The van der Waals surface area contributed by atoms with Crippen molar-refractivity contribution in [1.29, 1.82) is 0 Å². The van der Waals surface area contributed by atoms with Gasteiger partial charge in [0, 0.05) is 18.8 Å². The molecule has 30 heavy (non-hydrogen) atoms. The Balaban J connectivity index is 1.52. The van der Waals surface area contributed by atoms with Gasteiger partial charge in [-0.2, -0.15) is 4.31 Å². The fourth-order valence-electron chi connectivity index (χ4n) is 3.78. The molecule has 0 spiro atoms. The summed E-state index contributed by atoms with van der Waals surface area (Å²) in [4.78, 5) is 4.77. The van der Waals surface area contributed by atoms with E-state index in [1.807, 2.05) is 61.5 Å². The van der Waals surface area contributed by atoms with Gasteiger partial charge in [-0.05, 0) is 43.0 Å². The van der Waals surface area contributed by atoms with Crippen molar-refractivity contribution < 1.29 is 13.2 Å². The van der Waals surface area contributed by atoms with Crippen LogP contribution in [-0.4, -0.2) is 24.3 Å². The van der Waals surface area contributed by atoms with Crippen LogP contribution in [0.4, 0.5) is 0 Å². The SMILES string of the molecule is Cc1ccc(S(=O)(=O)N2CCCC[C@@H]2c2ccc(OCc3ccccc3)nc2)cc1. The number of nitrogens with zero attached hydrogens (tertiary/aromatic N) is 2. The topological polar surface area (TPSA) is 59.5 Å². The molecular formula is C24H26N2O3S. The molecule has 0 amide bonds. The van der Waals surface area contributed by atoms with Gasteiger partial charge in [-0.25, -0.2) is 13.4 Å². The number of hydrogen-bond donors (Lipinski definition) is 0. The molecule has 1 aromatic heterocycles. The highest BCUT2D eigenvalue weighted by Crippen LogP contribution is 2.35. The molecule has 0 N–H and O–H groups in total. The largest absolute Gasteiger partial charge is 0.473 e. The molecule has 6 heteroatoms. The number of piperidine rings is 1. The molecule has 0 bridgehead atoms. The van der Waals surface area contributed by atoms with Crippen LogP contribution in [0.2, 0.25) is 0 Å². The van der Waals surface area contributed by atoms with Gasteiger partial charge in [0.15, 0.2) is 0 Å². The first kappa shape index (κ1) is 20.6. The Labute approximate surface area is 178 Å². The van der Waals surface area contributed by atoms with E-state index in [9.17, 15) is 8.42 Å². The zero-order valence-electron chi connectivity index (χ0n) is 17.1. The molecule has 1 aliphatic rings. The Bertz CT molecular complexity index is 1070. The second-order valence-electron chi connectivity index (χ2n) is 7.64. The number of pyridine rings is 1. The van der Waals surface area contributed by atoms with Crippen LogP contribution in [0.15, 0.2) is 77.8 Å². The van der Waals surface area contributed by atoms with Crippen molar-refractivity contribution in [3.63, 3.8) is 0 Å². The molecular weight excluding hydrogens is 396 g/mol. The quantitative estimate of drug-likeness (QED) is 0.568. The number of rotatable bonds is 6. The van der Waals surface area contributed by atoms with Gasteiger partial charge in [0.05, 0.1) is 10.9 Å². The standard InChI is InChI=1S/C24H26N2O3S/c1-19-10-13-22(14-11-19)30(27,28)26-16-6-5-9-23(26)21-12-15-24(25-17-21)29-18-20-7-3-2-4-8-20/h2-4,7-8,10-15,17,23H,5-6,9,16,18H2,1H3/t23-/m1/s1. The fourth-order valence-corrected chi connectivity index (χ4v) is 5.46. The highest BCUT2D eigenvalue weighted by Gasteiger charge is 2.34. The van der Waals surface area contributed by atoms with E-state index in [1.54, 1.807) is 22.6 Å². The summed E-state index contributed by atoms with van der Waals surface area (Å²) in [5.41, 5.74) is 3.02. The minimum Gasteiger partial charge on any atom is -0.473 e. The summed E-state index contributed by atoms with van der Waals surface area (Å²) in [5.74, 6) is 0.534. The van der Waals surface area contributed by atoms with Gasteiger partial charge in [0.25, 0.3) is 0 Å². The average molecular weight is 423 g/mol. The van der Waals surface area contributed by atoms with Crippen LogP contribution in [0.1, 0.15) is 42.0 Å². The van der Waals surface area contributed by atoms with E-state index in [0.29, 0.717) is 23.9 Å². The van der Waals surface area contributed by atoms with Crippen molar-refractivity contribution >= 4 is 10.0 Å². The Morgan fingerprint density at radius 2 is 1.77 bits per heavy atom. The lowest BCUT2D eigenvalue weighted by molar-refractivity contribution is 0.254. The number of sulfonamides is 1. The van der Waals surface area contributed by atoms with Crippen LogP contribution in [0.3, 0.4) is 0 Å². The molecule has 0 aliphatic carbocycles. The second kappa shape index (κ2) is 8.98. The number of ether oxygens (including phenoxy) is 1. The van der Waals surface area contributed by atoms with E-state index in [2.05, 4.69) is 4.98 Å². The molecule has 0 radical (unpaired) electrons. The zero-order valence-corrected chi connectivity index (χ0v) is 17.9. The molecule has 0 saturated carbocycles. The molecule has 5 nitrogen and oxygen atoms in total. The fraction of sp³-hybridized carbons (Fsp3) is 0.292. The molecule has 1 fully saturated rings. The van der Waals surface area contributed by atoms with Crippen LogP contribution in [0.5, 0.6) is 5.88 Å². The van der Waals surface area contributed by atoms with Crippen LogP contribution in [0, 0.1) is 6.92 Å². The Hall–Kier alpha value is -2.70. The normalized spacial score (nSPS) is 17.6. The summed E-state index contributed by atoms with van der Waals surface area (Å²) in [6.45, 7) is 2.92. The summed E-state index contributed by atoms with van der Waals surface area (Å²) in [7, 11) is -3.56. The van der Waals surface area contributed by atoms with Gasteiger partial charge in [-0.1, -0.05) is 60.5 Å². The number of hydrogen-bond acceptors (Lipinski definition) is 4. The van der Waals surface area contributed by atoms with Gasteiger partial charge >= 0.3 is 0 Å². The molecule has 1 aliphatic heterocycles. The van der Waals surface area contributed by atoms with E-state index in [-0.39, 0.29) is 6.04 Å². The smallest absolute Gasteiger partial charge is 0.243 e. The third-order valence-electron chi connectivity index (χ3n) is 5.45. The Morgan fingerprint density at radius 1 is 1.00 bits per heavy atom. The lowest BCUT2D eigenvalue weighted by Crippen LogP contribution is -2.38. The van der Waals surface area contributed by atoms with E-state index in [1.165, 1.54) is 0 Å². The van der Waals surface area contributed by atoms with Crippen molar-refractivity contribution in [1.82, 2.24) is 9.29 Å². The molecule has 2 heterocycles. The lowest BCUT2D eigenvalue weighted by atomic mass is 9.99. The maximum Gasteiger partial charge on any atom is 0.243 e. The van der Waals surface area contributed by atoms with Crippen LogP contribution in [-0.2, 0) is 16.6 Å². The summed E-state index contributed by atoms with van der Waals surface area (Å²) >= 11 is 0. The minimum atomic E-state index is -3.56. The first-order valence-electron chi connectivity index (χ1n) is 10.3. The summed E-state index contributed by atoms with van der Waals surface area (Å²) in [6.07, 6.45) is 4.40. The molecule has 4 rings (SSSR count). The maximum absolute atomic E-state index is 13.3. The van der Waals surface area contributed by atoms with Crippen LogP contribution < -0.4 is 4.74 Å². The summed E-state index contributed by atoms with van der Waals surface area (Å²) < 4.78 is 34.0. The minimum absolute atomic E-state index is 0.208. The van der Waals surface area contributed by atoms with E-state index in [0.717, 1.165) is 36.0 Å². The monoisotopic (exact) mass is 422 g/mol. The molecule has 2 aromatic carbocycles. The molecule has 1 saturated heterocycles.